The van der Waals surface area contributed by atoms with Crippen molar-refractivity contribution in [3.63, 3.8) is 0 Å². The summed E-state index contributed by atoms with van der Waals surface area (Å²) in [6.07, 6.45) is 1.62. The summed E-state index contributed by atoms with van der Waals surface area (Å²) in [5.74, 6) is 0.531. The zero-order chi connectivity index (χ0) is 14.0. The quantitative estimate of drug-likeness (QED) is 0.882. The number of nitrogens with zero attached hydrogens (tertiary/aromatic N) is 2. The van der Waals surface area contributed by atoms with E-state index in [2.05, 4.69) is 31.4 Å². The van der Waals surface area contributed by atoms with Crippen LogP contribution in [0.15, 0.2) is 27.5 Å². The number of hydrogen-bond donors (Lipinski definition) is 1. The maximum Gasteiger partial charge on any atom is 0.254 e. The average molecular weight is 324 g/mol. The van der Waals surface area contributed by atoms with Crippen molar-refractivity contribution in [2.24, 2.45) is 0 Å². The molecule has 0 aliphatic heterocycles. The van der Waals surface area contributed by atoms with E-state index in [-0.39, 0.29) is 11.9 Å². The average Bonchev–Trinajstić information content (AvgIpc) is 2.69. The SMILES string of the molecule is Cc1noc(C)c1C(C)NC(=O)c1cccnc1Br. The van der Waals surface area contributed by atoms with Gasteiger partial charge in [0.15, 0.2) is 0 Å². The third-order valence-corrected chi connectivity index (χ3v) is 3.50. The summed E-state index contributed by atoms with van der Waals surface area (Å²) >= 11 is 3.26. The van der Waals surface area contributed by atoms with Crippen LogP contribution in [0, 0.1) is 13.8 Å². The van der Waals surface area contributed by atoms with Crippen molar-refractivity contribution in [3.05, 3.63) is 45.5 Å². The van der Waals surface area contributed by atoms with Crippen LogP contribution >= 0.6 is 15.9 Å². The normalized spacial score (nSPS) is 12.2. The Morgan fingerprint density at radius 3 is 2.79 bits per heavy atom. The molecule has 0 spiro atoms. The van der Waals surface area contributed by atoms with Crippen molar-refractivity contribution >= 4 is 21.8 Å². The van der Waals surface area contributed by atoms with Crippen LogP contribution in [0.3, 0.4) is 0 Å². The monoisotopic (exact) mass is 323 g/mol. The molecule has 6 heteroatoms. The van der Waals surface area contributed by atoms with Gasteiger partial charge in [-0.25, -0.2) is 4.98 Å². The topological polar surface area (TPSA) is 68.0 Å². The van der Waals surface area contributed by atoms with Gasteiger partial charge in [-0.05, 0) is 48.8 Å². The van der Waals surface area contributed by atoms with Crippen molar-refractivity contribution in [2.75, 3.05) is 0 Å². The Bertz CT molecular complexity index is 590. The molecule has 2 heterocycles. The first-order valence-corrected chi connectivity index (χ1v) is 6.64. The number of aromatic nitrogens is 2. The first-order valence-electron chi connectivity index (χ1n) is 5.85. The third-order valence-electron chi connectivity index (χ3n) is 2.87. The lowest BCUT2D eigenvalue weighted by Crippen LogP contribution is -2.27. The Morgan fingerprint density at radius 1 is 1.47 bits per heavy atom. The van der Waals surface area contributed by atoms with E-state index < -0.39 is 0 Å². The molecule has 100 valence electrons. The molecule has 2 aromatic rings. The lowest BCUT2D eigenvalue weighted by molar-refractivity contribution is 0.0938. The number of pyridine rings is 1. The van der Waals surface area contributed by atoms with E-state index in [4.69, 9.17) is 4.52 Å². The van der Waals surface area contributed by atoms with Crippen LogP contribution in [0.5, 0.6) is 0 Å². The highest BCUT2D eigenvalue weighted by atomic mass is 79.9. The van der Waals surface area contributed by atoms with Gasteiger partial charge in [0.1, 0.15) is 10.4 Å². The molecule has 0 aliphatic rings. The highest BCUT2D eigenvalue weighted by Crippen LogP contribution is 2.22. The van der Waals surface area contributed by atoms with Crippen molar-refractivity contribution in [1.29, 1.82) is 0 Å². The van der Waals surface area contributed by atoms with Gasteiger partial charge in [0.05, 0.1) is 17.3 Å². The van der Waals surface area contributed by atoms with Crippen LogP contribution in [0.4, 0.5) is 0 Å². The fourth-order valence-corrected chi connectivity index (χ4v) is 2.44. The highest BCUT2D eigenvalue weighted by molar-refractivity contribution is 9.10. The molecule has 1 unspecified atom stereocenters. The van der Waals surface area contributed by atoms with Gasteiger partial charge in [-0.3, -0.25) is 4.79 Å². The summed E-state index contributed by atoms with van der Waals surface area (Å²) in [6.45, 7) is 5.58. The van der Waals surface area contributed by atoms with Gasteiger partial charge in [0.2, 0.25) is 0 Å². The van der Waals surface area contributed by atoms with Gasteiger partial charge in [-0.1, -0.05) is 5.16 Å². The number of rotatable bonds is 3. The molecule has 0 bridgehead atoms. The van der Waals surface area contributed by atoms with E-state index in [1.165, 1.54) is 0 Å². The summed E-state index contributed by atoms with van der Waals surface area (Å²) in [5.41, 5.74) is 2.20. The molecule has 0 saturated carbocycles. The predicted octanol–water partition coefficient (Wildman–Crippen LogP) is 2.94. The molecule has 19 heavy (non-hydrogen) atoms. The Labute approximate surface area is 119 Å². The summed E-state index contributed by atoms with van der Waals surface area (Å²) in [7, 11) is 0. The van der Waals surface area contributed by atoms with Gasteiger partial charge < -0.3 is 9.84 Å². The predicted molar refractivity (Wildman–Crippen MR) is 73.8 cm³/mol. The van der Waals surface area contributed by atoms with Gasteiger partial charge >= 0.3 is 0 Å². The molecule has 2 aromatic heterocycles. The molecule has 1 N–H and O–H groups in total. The van der Waals surface area contributed by atoms with E-state index in [9.17, 15) is 4.79 Å². The minimum Gasteiger partial charge on any atom is -0.361 e. The maximum absolute atomic E-state index is 12.2. The second-order valence-electron chi connectivity index (χ2n) is 4.27. The molecule has 0 aromatic carbocycles. The zero-order valence-electron chi connectivity index (χ0n) is 10.9. The molecule has 0 saturated heterocycles. The minimum atomic E-state index is -0.188. The molecular weight excluding hydrogens is 310 g/mol. The summed E-state index contributed by atoms with van der Waals surface area (Å²) < 4.78 is 5.63. The third kappa shape index (κ3) is 2.84. The van der Waals surface area contributed by atoms with Crippen LogP contribution in [0.1, 0.15) is 40.3 Å². The van der Waals surface area contributed by atoms with Crippen LogP contribution in [0.25, 0.3) is 0 Å². The molecule has 2 rings (SSSR count). The molecule has 0 radical (unpaired) electrons. The van der Waals surface area contributed by atoms with E-state index >= 15 is 0 Å². The molecular formula is C13H14BrN3O2. The van der Waals surface area contributed by atoms with Crippen LogP contribution in [0.2, 0.25) is 0 Å². The summed E-state index contributed by atoms with van der Waals surface area (Å²) in [5, 5.41) is 6.80. The number of amides is 1. The number of nitrogens with one attached hydrogen (secondary N) is 1. The number of hydrogen-bond acceptors (Lipinski definition) is 4. The first kappa shape index (κ1) is 13.7. The number of carbonyl (C=O) groups is 1. The van der Waals surface area contributed by atoms with Gasteiger partial charge in [-0.15, -0.1) is 0 Å². The smallest absolute Gasteiger partial charge is 0.254 e. The fourth-order valence-electron chi connectivity index (χ4n) is 2.01. The first-order chi connectivity index (χ1) is 9.00. The Morgan fingerprint density at radius 2 is 2.21 bits per heavy atom. The Kier molecular flexibility index (Phi) is 3.99. The second-order valence-corrected chi connectivity index (χ2v) is 5.03. The van der Waals surface area contributed by atoms with E-state index in [1.807, 2.05) is 20.8 Å². The highest BCUT2D eigenvalue weighted by Gasteiger charge is 2.19. The molecule has 5 nitrogen and oxygen atoms in total. The van der Waals surface area contributed by atoms with Gasteiger partial charge in [0, 0.05) is 11.8 Å². The number of halogens is 1. The molecule has 0 fully saturated rings. The molecule has 1 amide bonds. The van der Waals surface area contributed by atoms with E-state index in [0.29, 0.717) is 10.2 Å². The lowest BCUT2D eigenvalue weighted by atomic mass is 10.1. The standard InChI is InChI=1S/C13H14BrN3O2/c1-7(11-8(2)17-19-9(11)3)16-13(18)10-5-4-6-15-12(10)14/h4-7H,1-3H3,(H,16,18). The zero-order valence-corrected chi connectivity index (χ0v) is 12.5. The maximum atomic E-state index is 12.2. The summed E-state index contributed by atoms with van der Waals surface area (Å²) in [6, 6.07) is 3.26. The largest absolute Gasteiger partial charge is 0.361 e. The Balaban J connectivity index is 2.18. The fraction of sp³-hybridized carbons (Fsp3) is 0.308. The van der Waals surface area contributed by atoms with Crippen molar-refractivity contribution < 1.29 is 9.32 Å². The van der Waals surface area contributed by atoms with E-state index in [0.717, 1.165) is 17.0 Å². The number of carbonyl (C=O) groups excluding carboxylic acids is 1. The molecule has 1 atom stereocenters. The number of aryl methyl sites for hydroxylation is 2. The van der Waals surface area contributed by atoms with Crippen LogP contribution < -0.4 is 5.32 Å². The second kappa shape index (κ2) is 5.52. The van der Waals surface area contributed by atoms with Gasteiger partial charge in [-0.2, -0.15) is 0 Å². The van der Waals surface area contributed by atoms with Crippen LogP contribution in [-0.2, 0) is 0 Å². The van der Waals surface area contributed by atoms with Crippen molar-refractivity contribution in [3.8, 4) is 0 Å². The van der Waals surface area contributed by atoms with E-state index in [1.54, 1.807) is 18.3 Å². The Hall–Kier alpha value is -1.69. The summed E-state index contributed by atoms with van der Waals surface area (Å²) in [4.78, 5) is 16.2. The van der Waals surface area contributed by atoms with Crippen LogP contribution in [-0.4, -0.2) is 16.0 Å². The lowest BCUT2D eigenvalue weighted by Gasteiger charge is -2.14. The van der Waals surface area contributed by atoms with Gasteiger partial charge in [0.25, 0.3) is 5.91 Å². The van der Waals surface area contributed by atoms with Crippen molar-refractivity contribution in [1.82, 2.24) is 15.5 Å². The molecule has 0 aliphatic carbocycles. The minimum absolute atomic E-state index is 0.175. The van der Waals surface area contributed by atoms with Crippen molar-refractivity contribution in [2.45, 2.75) is 26.8 Å².